The molecule has 1 aromatic rings. The highest BCUT2D eigenvalue weighted by Gasteiger charge is 2.27. The maximum atomic E-state index is 12.4. The van der Waals surface area contributed by atoms with Crippen LogP contribution in [0.3, 0.4) is 0 Å². The second kappa shape index (κ2) is 5.71. The number of hydrogen-bond donors (Lipinski definition) is 1. The average Bonchev–Trinajstić information content (AvgIpc) is 2.31. The summed E-state index contributed by atoms with van der Waals surface area (Å²) >= 11 is 5.99. The molecule has 0 atom stereocenters. The van der Waals surface area contributed by atoms with Crippen LogP contribution in [0.15, 0.2) is 23.1 Å². The number of hydrogen-bond acceptors (Lipinski definition) is 3. The average molecular weight is 317 g/mol. The van der Waals surface area contributed by atoms with Crippen LogP contribution in [0.2, 0.25) is 5.02 Å². The number of carbonyl (C=O) groups excluding carboxylic acids is 1. The van der Waals surface area contributed by atoms with E-state index >= 15 is 0 Å². The van der Waals surface area contributed by atoms with E-state index in [4.69, 9.17) is 16.7 Å². The molecule has 1 fully saturated rings. The highest BCUT2D eigenvalue weighted by atomic mass is 35.5. The van der Waals surface area contributed by atoms with Crippen LogP contribution in [-0.2, 0) is 10.0 Å². The highest BCUT2D eigenvalue weighted by molar-refractivity contribution is 7.89. The van der Waals surface area contributed by atoms with Crippen molar-refractivity contribution in [3.8, 4) is 0 Å². The fourth-order valence-corrected chi connectivity index (χ4v) is 3.35. The van der Waals surface area contributed by atoms with Gasteiger partial charge in [0.05, 0.1) is 15.5 Å². The molecule has 2 N–H and O–H groups in total. The lowest BCUT2D eigenvalue weighted by molar-refractivity contribution is 0.0741. The molecule has 0 unspecified atom stereocenters. The number of nitrogens with zero attached hydrogens (tertiary/aromatic N) is 1. The second-order valence-corrected chi connectivity index (χ2v) is 7.08. The van der Waals surface area contributed by atoms with Gasteiger partial charge in [0.2, 0.25) is 10.0 Å². The quantitative estimate of drug-likeness (QED) is 0.920. The summed E-state index contributed by atoms with van der Waals surface area (Å²) in [6.07, 6.45) is 3.38. The van der Waals surface area contributed by atoms with E-state index in [-0.39, 0.29) is 15.5 Å². The van der Waals surface area contributed by atoms with Gasteiger partial charge in [-0.3, -0.25) is 4.79 Å². The van der Waals surface area contributed by atoms with Crippen molar-refractivity contribution in [3.63, 3.8) is 0 Å². The Balaban J connectivity index is 2.33. The molecule has 1 aromatic carbocycles. The minimum absolute atomic E-state index is 0.0431. The van der Waals surface area contributed by atoms with Gasteiger partial charge in [-0.15, -0.1) is 0 Å². The molecule has 1 aliphatic carbocycles. The molecule has 0 saturated heterocycles. The summed E-state index contributed by atoms with van der Waals surface area (Å²) in [4.78, 5) is 13.7. The lowest BCUT2D eigenvalue weighted by atomic mass is 9.85. The number of nitrogens with two attached hydrogens (primary N) is 1. The summed E-state index contributed by atoms with van der Waals surface area (Å²) in [6.45, 7) is 0.605. The van der Waals surface area contributed by atoms with E-state index in [9.17, 15) is 13.2 Å². The van der Waals surface area contributed by atoms with Crippen molar-refractivity contribution in [2.45, 2.75) is 24.2 Å². The first-order valence-electron chi connectivity index (χ1n) is 6.37. The number of primary sulfonamides is 1. The second-order valence-electron chi connectivity index (χ2n) is 5.14. The molecule has 1 saturated carbocycles. The smallest absolute Gasteiger partial charge is 0.256 e. The third kappa shape index (κ3) is 3.13. The van der Waals surface area contributed by atoms with E-state index in [2.05, 4.69) is 0 Å². The van der Waals surface area contributed by atoms with E-state index in [1.54, 1.807) is 7.05 Å². The zero-order chi connectivity index (χ0) is 14.9. The Kier molecular flexibility index (Phi) is 4.36. The van der Waals surface area contributed by atoms with E-state index in [0.717, 1.165) is 12.8 Å². The molecule has 0 heterocycles. The molecule has 0 aliphatic heterocycles. The largest absolute Gasteiger partial charge is 0.341 e. The van der Waals surface area contributed by atoms with Gasteiger partial charge in [-0.05, 0) is 30.9 Å². The Morgan fingerprint density at radius 2 is 2.10 bits per heavy atom. The zero-order valence-electron chi connectivity index (χ0n) is 11.2. The summed E-state index contributed by atoms with van der Waals surface area (Å²) in [5.74, 6) is 0.0795. The first-order valence-corrected chi connectivity index (χ1v) is 8.30. The maximum absolute atomic E-state index is 12.4. The van der Waals surface area contributed by atoms with Crippen molar-refractivity contribution in [3.05, 3.63) is 28.8 Å². The Bertz CT molecular complexity index is 627. The fraction of sp³-hybridized carbons (Fsp3) is 0.462. The molecular formula is C13H17ClN2O3S. The predicted molar refractivity (Wildman–Crippen MR) is 77.1 cm³/mol. The van der Waals surface area contributed by atoms with Crippen LogP contribution in [0, 0.1) is 5.92 Å². The topological polar surface area (TPSA) is 80.5 Å². The van der Waals surface area contributed by atoms with Crippen molar-refractivity contribution in [1.29, 1.82) is 0 Å². The molecule has 1 aliphatic rings. The fourth-order valence-electron chi connectivity index (χ4n) is 2.29. The van der Waals surface area contributed by atoms with Crippen LogP contribution >= 0.6 is 11.6 Å². The zero-order valence-corrected chi connectivity index (χ0v) is 12.7. The number of benzene rings is 1. The standard InChI is InChI=1S/C13H17ClN2O3S/c1-16(8-9-4-2-5-9)13(17)12-10(14)6-3-7-11(12)20(15,18)19/h3,6-7,9H,2,4-5,8H2,1H3,(H2,15,18,19). The predicted octanol–water partition coefficient (Wildman–Crippen LogP) is 1.86. The minimum atomic E-state index is -3.99. The van der Waals surface area contributed by atoms with Crippen LogP contribution in [0.4, 0.5) is 0 Å². The van der Waals surface area contributed by atoms with Gasteiger partial charge in [0.15, 0.2) is 0 Å². The molecule has 5 nitrogen and oxygen atoms in total. The Labute approximate surface area is 123 Å². The Hall–Kier alpha value is -1.11. The van der Waals surface area contributed by atoms with E-state index < -0.39 is 15.9 Å². The van der Waals surface area contributed by atoms with Crippen molar-refractivity contribution in [2.75, 3.05) is 13.6 Å². The van der Waals surface area contributed by atoms with Gasteiger partial charge < -0.3 is 4.90 Å². The molecule has 0 spiro atoms. The van der Waals surface area contributed by atoms with Crippen molar-refractivity contribution >= 4 is 27.5 Å². The van der Waals surface area contributed by atoms with Gasteiger partial charge in [0, 0.05) is 13.6 Å². The number of carbonyl (C=O) groups is 1. The van der Waals surface area contributed by atoms with E-state index in [1.807, 2.05) is 0 Å². The van der Waals surface area contributed by atoms with Crippen LogP contribution in [0.5, 0.6) is 0 Å². The Morgan fingerprint density at radius 3 is 2.60 bits per heavy atom. The summed E-state index contributed by atoms with van der Waals surface area (Å²) in [5, 5.41) is 5.24. The van der Waals surface area contributed by atoms with Crippen LogP contribution in [0.25, 0.3) is 0 Å². The van der Waals surface area contributed by atoms with E-state index in [0.29, 0.717) is 12.5 Å². The van der Waals surface area contributed by atoms with Crippen LogP contribution in [0.1, 0.15) is 29.6 Å². The van der Waals surface area contributed by atoms with Gasteiger partial charge >= 0.3 is 0 Å². The molecule has 0 bridgehead atoms. The summed E-state index contributed by atoms with van der Waals surface area (Å²) in [6, 6.07) is 4.25. The molecule has 1 amide bonds. The molecule has 0 radical (unpaired) electrons. The van der Waals surface area contributed by atoms with Crippen LogP contribution in [-0.4, -0.2) is 32.8 Å². The highest BCUT2D eigenvalue weighted by Crippen LogP contribution is 2.29. The lowest BCUT2D eigenvalue weighted by Crippen LogP contribution is -2.35. The summed E-state index contributed by atoms with van der Waals surface area (Å²) < 4.78 is 23.1. The van der Waals surface area contributed by atoms with Crippen LogP contribution < -0.4 is 5.14 Å². The van der Waals surface area contributed by atoms with Crippen molar-refractivity contribution in [1.82, 2.24) is 4.90 Å². The van der Waals surface area contributed by atoms with Gasteiger partial charge in [-0.25, -0.2) is 13.6 Å². The van der Waals surface area contributed by atoms with E-state index in [1.165, 1.54) is 29.5 Å². The number of rotatable bonds is 4. The minimum Gasteiger partial charge on any atom is -0.341 e. The SMILES string of the molecule is CN(CC1CCC1)C(=O)c1c(Cl)cccc1S(N)(=O)=O. The normalized spacial score (nSPS) is 15.8. The monoisotopic (exact) mass is 316 g/mol. The number of halogens is 1. The van der Waals surface area contributed by atoms with Crippen molar-refractivity contribution < 1.29 is 13.2 Å². The Morgan fingerprint density at radius 1 is 1.45 bits per heavy atom. The molecule has 2 rings (SSSR count). The lowest BCUT2D eigenvalue weighted by Gasteiger charge is -2.30. The third-order valence-corrected chi connectivity index (χ3v) is 4.87. The van der Waals surface area contributed by atoms with Gasteiger partial charge in [0.25, 0.3) is 5.91 Å². The van der Waals surface area contributed by atoms with Gasteiger partial charge in [-0.1, -0.05) is 24.1 Å². The number of amides is 1. The maximum Gasteiger partial charge on any atom is 0.256 e. The van der Waals surface area contributed by atoms with Gasteiger partial charge in [-0.2, -0.15) is 0 Å². The van der Waals surface area contributed by atoms with Crippen molar-refractivity contribution in [2.24, 2.45) is 11.1 Å². The first kappa shape index (κ1) is 15.3. The molecular weight excluding hydrogens is 300 g/mol. The summed E-state index contributed by atoms with van der Waals surface area (Å²) in [7, 11) is -2.34. The number of sulfonamides is 1. The molecule has 7 heteroatoms. The summed E-state index contributed by atoms with van der Waals surface area (Å²) in [5.41, 5.74) is -0.0431. The third-order valence-electron chi connectivity index (χ3n) is 3.60. The molecule has 0 aromatic heterocycles. The first-order chi connectivity index (χ1) is 9.30. The molecule has 110 valence electrons. The van der Waals surface area contributed by atoms with Gasteiger partial charge in [0.1, 0.15) is 0 Å². The molecule has 20 heavy (non-hydrogen) atoms.